The number of ether oxygens (including phenoxy) is 2. The largest absolute Gasteiger partial charge is 0.497 e. The molecule has 2 rings (SSSR count). The summed E-state index contributed by atoms with van der Waals surface area (Å²) < 4.78 is 10.6. The topological polar surface area (TPSA) is 56.5 Å². The Morgan fingerprint density at radius 1 is 1.00 bits per heavy atom. The summed E-state index contributed by atoms with van der Waals surface area (Å²) in [5.41, 5.74) is 7.96. The highest BCUT2D eigenvalue weighted by Gasteiger charge is 2.12. The first-order valence-corrected chi connectivity index (χ1v) is 6.51. The van der Waals surface area contributed by atoms with Gasteiger partial charge in [0, 0.05) is 18.3 Å². The Balaban J connectivity index is 2.26. The van der Waals surface area contributed by atoms with Crippen LogP contribution in [-0.2, 0) is 0 Å². The number of benzene rings is 2. The fraction of sp³-hybridized carbons (Fsp3) is 0.250. The van der Waals surface area contributed by atoms with Crippen LogP contribution in [-0.4, -0.2) is 20.8 Å². The molecular weight excluding hydrogens is 252 g/mol. The molecule has 0 saturated carbocycles. The Labute approximate surface area is 119 Å². The molecule has 4 nitrogen and oxygen atoms in total. The lowest BCUT2D eigenvalue weighted by molar-refractivity contribution is 0.393. The van der Waals surface area contributed by atoms with Crippen molar-refractivity contribution in [3.8, 4) is 11.5 Å². The number of hydrogen-bond acceptors (Lipinski definition) is 4. The van der Waals surface area contributed by atoms with Crippen LogP contribution in [0.2, 0.25) is 0 Å². The molecule has 4 heteroatoms. The SMILES string of the molecule is COc1cc(OC)cc(C(CN)Nc2ccccc2)c1. The van der Waals surface area contributed by atoms with Gasteiger partial charge in [0.05, 0.1) is 20.3 Å². The van der Waals surface area contributed by atoms with Crippen LogP contribution in [0.25, 0.3) is 0 Å². The zero-order valence-corrected chi connectivity index (χ0v) is 11.8. The van der Waals surface area contributed by atoms with Crippen LogP contribution in [0.1, 0.15) is 11.6 Å². The second-order valence-corrected chi connectivity index (χ2v) is 4.44. The Kier molecular flexibility index (Phi) is 4.85. The first kappa shape index (κ1) is 14.2. The second-order valence-electron chi connectivity index (χ2n) is 4.44. The number of methoxy groups -OCH3 is 2. The van der Waals surface area contributed by atoms with Gasteiger partial charge in [-0.25, -0.2) is 0 Å². The van der Waals surface area contributed by atoms with Crippen molar-refractivity contribution in [2.45, 2.75) is 6.04 Å². The van der Waals surface area contributed by atoms with E-state index in [1.54, 1.807) is 14.2 Å². The predicted molar refractivity (Wildman–Crippen MR) is 81.4 cm³/mol. The molecule has 0 bridgehead atoms. The number of rotatable bonds is 6. The summed E-state index contributed by atoms with van der Waals surface area (Å²) in [4.78, 5) is 0. The van der Waals surface area contributed by atoms with E-state index in [0.717, 1.165) is 22.7 Å². The van der Waals surface area contributed by atoms with Gasteiger partial charge in [0.1, 0.15) is 11.5 Å². The zero-order valence-electron chi connectivity index (χ0n) is 11.8. The first-order valence-electron chi connectivity index (χ1n) is 6.51. The Morgan fingerprint density at radius 2 is 1.60 bits per heavy atom. The quantitative estimate of drug-likeness (QED) is 0.849. The van der Waals surface area contributed by atoms with Gasteiger partial charge in [-0.1, -0.05) is 18.2 Å². The van der Waals surface area contributed by atoms with Gasteiger partial charge in [-0.15, -0.1) is 0 Å². The molecule has 0 radical (unpaired) electrons. The van der Waals surface area contributed by atoms with Crippen LogP contribution in [0.15, 0.2) is 48.5 Å². The summed E-state index contributed by atoms with van der Waals surface area (Å²) >= 11 is 0. The van der Waals surface area contributed by atoms with Crippen molar-refractivity contribution >= 4 is 5.69 Å². The lowest BCUT2D eigenvalue weighted by Crippen LogP contribution is -2.20. The van der Waals surface area contributed by atoms with Crippen molar-refractivity contribution in [3.05, 3.63) is 54.1 Å². The molecular formula is C16H20N2O2. The van der Waals surface area contributed by atoms with E-state index < -0.39 is 0 Å². The fourth-order valence-electron chi connectivity index (χ4n) is 2.04. The number of anilines is 1. The summed E-state index contributed by atoms with van der Waals surface area (Å²) in [6, 6.07) is 15.8. The Morgan fingerprint density at radius 3 is 2.10 bits per heavy atom. The molecule has 2 aromatic rings. The molecule has 1 unspecified atom stereocenters. The van der Waals surface area contributed by atoms with Crippen molar-refractivity contribution in [1.82, 2.24) is 0 Å². The number of nitrogens with two attached hydrogens (primary N) is 1. The van der Waals surface area contributed by atoms with Gasteiger partial charge in [-0.2, -0.15) is 0 Å². The molecule has 0 saturated heterocycles. The van der Waals surface area contributed by atoms with E-state index in [1.165, 1.54) is 0 Å². The van der Waals surface area contributed by atoms with Gasteiger partial charge >= 0.3 is 0 Å². The van der Waals surface area contributed by atoms with Gasteiger partial charge < -0.3 is 20.5 Å². The molecule has 0 aliphatic rings. The summed E-state index contributed by atoms with van der Waals surface area (Å²) in [6.45, 7) is 0.477. The molecule has 106 valence electrons. The number of nitrogens with one attached hydrogen (secondary N) is 1. The minimum Gasteiger partial charge on any atom is -0.497 e. The van der Waals surface area contributed by atoms with Crippen molar-refractivity contribution in [1.29, 1.82) is 0 Å². The minimum atomic E-state index is 0.00130. The van der Waals surface area contributed by atoms with E-state index in [-0.39, 0.29) is 6.04 Å². The van der Waals surface area contributed by atoms with E-state index in [4.69, 9.17) is 15.2 Å². The maximum absolute atomic E-state index is 5.89. The first-order chi connectivity index (χ1) is 9.76. The van der Waals surface area contributed by atoms with Crippen LogP contribution in [0.4, 0.5) is 5.69 Å². The smallest absolute Gasteiger partial charge is 0.122 e. The molecule has 1 atom stereocenters. The minimum absolute atomic E-state index is 0.00130. The van der Waals surface area contributed by atoms with Crippen LogP contribution in [0, 0.1) is 0 Å². The standard InChI is InChI=1S/C16H20N2O2/c1-19-14-8-12(9-15(10-14)20-2)16(11-17)18-13-6-4-3-5-7-13/h3-10,16,18H,11,17H2,1-2H3. The van der Waals surface area contributed by atoms with Gasteiger partial charge in [0.15, 0.2) is 0 Å². The van der Waals surface area contributed by atoms with Gasteiger partial charge in [0.25, 0.3) is 0 Å². The van der Waals surface area contributed by atoms with Crippen LogP contribution >= 0.6 is 0 Å². The highest BCUT2D eigenvalue weighted by Crippen LogP contribution is 2.28. The summed E-state index contributed by atoms with van der Waals surface area (Å²) in [5.74, 6) is 1.51. The molecule has 0 aliphatic heterocycles. The summed E-state index contributed by atoms with van der Waals surface area (Å²) in [5, 5.41) is 3.41. The molecule has 20 heavy (non-hydrogen) atoms. The lowest BCUT2D eigenvalue weighted by Gasteiger charge is -2.20. The van der Waals surface area contributed by atoms with E-state index in [9.17, 15) is 0 Å². The average Bonchev–Trinajstić information content (AvgIpc) is 2.53. The predicted octanol–water partition coefficient (Wildman–Crippen LogP) is 2.82. The normalized spacial score (nSPS) is 11.8. The van der Waals surface area contributed by atoms with Gasteiger partial charge in [-0.05, 0) is 29.8 Å². The van der Waals surface area contributed by atoms with Crippen molar-refractivity contribution in [3.63, 3.8) is 0 Å². The van der Waals surface area contributed by atoms with Crippen molar-refractivity contribution < 1.29 is 9.47 Å². The van der Waals surface area contributed by atoms with E-state index >= 15 is 0 Å². The van der Waals surface area contributed by atoms with Crippen molar-refractivity contribution in [2.75, 3.05) is 26.1 Å². The highest BCUT2D eigenvalue weighted by molar-refractivity contribution is 5.47. The molecule has 0 spiro atoms. The zero-order chi connectivity index (χ0) is 14.4. The molecule has 0 heterocycles. The van der Waals surface area contributed by atoms with Crippen LogP contribution in [0.3, 0.4) is 0 Å². The highest BCUT2D eigenvalue weighted by atomic mass is 16.5. The van der Waals surface area contributed by atoms with Crippen molar-refractivity contribution in [2.24, 2.45) is 5.73 Å². The third kappa shape index (κ3) is 3.42. The van der Waals surface area contributed by atoms with E-state index in [1.807, 2.05) is 48.5 Å². The van der Waals surface area contributed by atoms with Gasteiger partial charge in [0.2, 0.25) is 0 Å². The summed E-state index contributed by atoms with van der Waals surface area (Å²) in [7, 11) is 3.28. The third-order valence-corrected chi connectivity index (χ3v) is 3.13. The maximum atomic E-state index is 5.89. The maximum Gasteiger partial charge on any atom is 0.122 e. The van der Waals surface area contributed by atoms with E-state index in [0.29, 0.717) is 6.54 Å². The molecule has 0 aliphatic carbocycles. The molecule has 3 N–H and O–H groups in total. The molecule has 0 fully saturated rings. The number of hydrogen-bond donors (Lipinski definition) is 2. The molecule has 0 aromatic heterocycles. The van der Waals surface area contributed by atoms with Crippen LogP contribution < -0.4 is 20.5 Å². The summed E-state index contributed by atoms with van der Waals surface area (Å²) in [6.07, 6.45) is 0. The average molecular weight is 272 g/mol. The Bertz CT molecular complexity index is 521. The molecule has 2 aromatic carbocycles. The fourth-order valence-corrected chi connectivity index (χ4v) is 2.04. The van der Waals surface area contributed by atoms with E-state index in [2.05, 4.69) is 5.32 Å². The van der Waals surface area contributed by atoms with Gasteiger partial charge in [-0.3, -0.25) is 0 Å². The monoisotopic (exact) mass is 272 g/mol. The second kappa shape index (κ2) is 6.82. The lowest BCUT2D eigenvalue weighted by atomic mass is 10.1. The third-order valence-electron chi connectivity index (χ3n) is 3.13. The van der Waals surface area contributed by atoms with Crippen LogP contribution in [0.5, 0.6) is 11.5 Å². The Hall–Kier alpha value is -2.20. The number of para-hydroxylation sites is 1. The molecule has 0 amide bonds.